The van der Waals surface area contributed by atoms with Gasteiger partial charge in [0.05, 0.1) is 18.1 Å². The molecule has 0 bridgehead atoms. The molecule has 8 heteroatoms. The number of esters is 3. The first-order chi connectivity index (χ1) is 14.0. The van der Waals surface area contributed by atoms with Crippen LogP contribution in [0.25, 0.3) is 0 Å². The number of allylic oxidation sites excluding steroid dienone is 1. The first-order valence-electron chi connectivity index (χ1n) is 9.50. The van der Waals surface area contributed by atoms with E-state index in [1.807, 2.05) is 6.92 Å². The van der Waals surface area contributed by atoms with Gasteiger partial charge in [-0.1, -0.05) is 32.7 Å². The molecule has 2 aliphatic rings. The van der Waals surface area contributed by atoms with E-state index in [1.54, 1.807) is 6.08 Å². The summed E-state index contributed by atoms with van der Waals surface area (Å²) < 4.78 is 15.8. The fourth-order valence-electron chi connectivity index (χ4n) is 4.15. The van der Waals surface area contributed by atoms with Gasteiger partial charge in [-0.15, -0.1) is 6.58 Å². The molecule has 0 aromatic heterocycles. The van der Waals surface area contributed by atoms with Gasteiger partial charge in [0.1, 0.15) is 24.9 Å². The Labute approximate surface area is 175 Å². The normalized spacial score (nSPS) is 31.2. The predicted octanol–water partition coefficient (Wildman–Crippen LogP) is 1.24. The van der Waals surface area contributed by atoms with Gasteiger partial charge in [0, 0.05) is 18.4 Å². The maximum atomic E-state index is 12.6. The van der Waals surface area contributed by atoms with Crippen molar-refractivity contribution in [3.63, 3.8) is 0 Å². The van der Waals surface area contributed by atoms with E-state index in [1.165, 1.54) is 6.92 Å². The van der Waals surface area contributed by atoms with Gasteiger partial charge in [-0.3, -0.25) is 4.79 Å². The molecule has 1 heterocycles. The van der Waals surface area contributed by atoms with Crippen LogP contribution in [0.15, 0.2) is 49.1 Å². The summed E-state index contributed by atoms with van der Waals surface area (Å²) in [6.45, 7) is 17.4. The number of rotatable bonds is 8. The van der Waals surface area contributed by atoms with E-state index in [9.17, 15) is 24.6 Å². The minimum absolute atomic E-state index is 0.158. The Morgan fingerprint density at radius 2 is 2.03 bits per heavy atom. The fraction of sp³-hybridized carbons (Fsp3) is 0.500. The number of hydrogen-bond acceptors (Lipinski definition) is 8. The number of carbonyl (C=O) groups excluding carboxylic acids is 3. The van der Waals surface area contributed by atoms with Crippen molar-refractivity contribution in [3.05, 3.63) is 49.1 Å². The van der Waals surface area contributed by atoms with Crippen LogP contribution >= 0.6 is 0 Å². The molecular weight excluding hydrogens is 392 g/mol. The van der Waals surface area contributed by atoms with Crippen molar-refractivity contribution in [2.24, 2.45) is 17.3 Å². The Bertz CT molecular complexity index is 797. The Morgan fingerprint density at radius 1 is 1.40 bits per heavy atom. The van der Waals surface area contributed by atoms with Crippen molar-refractivity contribution in [2.45, 2.75) is 38.6 Å². The largest absolute Gasteiger partial charge is 0.463 e. The maximum absolute atomic E-state index is 12.6. The van der Waals surface area contributed by atoms with Gasteiger partial charge in [0.25, 0.3) is 0 Å². The number of aliphatic hydroxyl groups is 2. The molecule has 2 rings (SSSR count). The molecule has 0 radical (unpaired) electrons. The smallest absolute Gasteiger partial charge is 0.336 e. The van der Waals surface area contributed by atoms with Gasteiger partial charge in [0.2, 0.25) is 0 Å². The zero-order valence-corrected chi connectivity index (χ0v) is 17.3. The predicted molar refractivity (Wildman–Crippen MR) is 107 cm³/mol. The standard InChI is InChI=1S/C22H28O8/c1-7-22(6)8-16(29-20(26)12(3)15(25)10-28-14(5)24)17-13(4)21(27)30-19(17)18(22)11(2)9-23/h7,15-19,23,25H,1-4,8-10H2,5-6H3/t15-,16+,17-,18-,19+,22-/m1/s1. The van der Waals surface area contributed by atoms with Crippen molar-refractivity contribution in [2.75, 3.05) is 13.2 Å². The van der Waals surface area contributed by atoms with Gasteiger partial charge in [-0.2, -0.15) is 0 Å². The molecule has 0 aromatic rings. The first-order valence-corrected chi connectivity index (χ1v) is 9.50. The number of fused-ring (bicyclic) bond motifs is 1. The van der Waals surface area contributed by atoms with Crippen molar-refractivity contribution in [1.82, 2.24) is 0 Å². The van der Waals surface area contributed by atoms with Crippen LogP contribution in [0.1, 0.15) is 20.3 Å². The van der Waals surface area contributed by atoms with Crippen LogP contribution in [-0.4, -0.2) is 59.6 Å². The highest BCUT2D eigenvalue weighted by molar-refractivity contribution is 5.92. The number of ether oxygens (including phenoxy) is 3. The second-order valence-corrected chi connectivity index (χ2v) is 7.92. The van der Waals surface area contributed by atoms with Crippen LogP contribution in [0.3, 0.4) is 0 Å². The summed E-state index contributed by atoms with van der Waals surface area (Å²) in [6, 6.07) is 0. The molecule has 30 heavy (non-hydrogen) atoms. The lowest BCUT2D eigenvalue weighted by Crippen LogP contribution is -2.52. The summed E-state index contributed by atoms with van der Waals surface area (Å²) in [5, 5.41) is 19.7. The van der Waals surface area contributed by atoms with E-state index in [4.69, 9.17) is 9.47 Å². The van der Waals surface area contributed by atoms with Crippen molar-refractivity contribution in [3.8, 4) is 0 Å². The Morgan fingerprint density at radius 3 is 2.57 bits per heavy atom. The van der Waals surface area contributed by atoms with Gasteiger partial charge in [0.15, 0.2) is 0 Å². The lowest BCUT2D eigenvalue weighted by molar-refractivity contribution is -0.161. The fourth-order valence-corrected chi connectivity index (χ4v) is 4.15. The Kier molecular flexibility index (Phi) is 7.05. The van der Waals surface area contributed by atoms with Crippen molar-refractivity contribution in [1.29, 1.82) is 0 Å². The second kappa shape index (κ2) is 8.97. The number of carbonyl (C=O) groups is 3. The summed E-state index contributed by atoms with van der Waals surface area (Å²) in [7, 11) is 0. The van der Waals surface area contributed by atoms with Crippen LogP contribution in [0.5, 0.6) is 0 Å². The van der Waals surface area contributed by atoms with E-state index in [0.717, 1.165) is 0 Å². The van der Waals surface area contributed by atoms with E-state index >= 15 is 0 Å². The van der Waals surface area contributed by atoms with E-state index in [-0.39, 0.29) is 24.2 Å². The van der Waals surface area contributed by atoms with E-state index in [2.05, 4.69) is 31.1 Å². The molecule has 1 aliphatic heterocycles. The van der Waals surface area contributed by atoms with Crippen LogP contribution < -0.4 is 0 Å². The van der Waals surface area contributed by atoms with Gasteiger partial charge in [-0.25, -0.2) is 9.59 Å². The van der Waals surface area contributed by atoms with Gasteiger partial charge >= 0.3 is 17.9 Å². The average Bonchev–Trinajstić information content (AvgIpc) is 2.99. The minimum atomic E-state index is -1.43. The molecule has 1 aliphatic carbocycles. The van der Waals surface area contributed by atoms with Gasteiger partial charge < -0.3 is 24.4 Å². The lowest BCUT2D eigenvalue weighted by atomic mass is 9.59. The first kappa shape index (κ1) is 23.6. The molecule has 0 unspecified atom stereocenters. The average molecular weight is 420 g/mol. The molecule has 0 aromatic carbocycles. The highest BCUT2D eigenvalue weighted by Crippen LogP contribution is 2.53. The molecular formula is C22H28O8. The van der Waals surface area contributed by atoms with Crippen LogP contribution in [0, 0.1) is 17.3 Å². The molecule has 1 saturated carbocycles. The highest BCUT2D eigenvalue weighted by atomic mass is 16.6. The molecule has 1 saturated heterocycles. The SMILES string of the molecule is C=C[C@]1(C)C[C@H](OC(=O)C(=C)[C@H](O)COC(C)=O)[C@H]2C(=C)C(=O)O[C@@H]2[C@H]1C(=C)CO. The summed E-state index contributed by atoms with van der Waals surface area (Å²) in [4.78, 5) is 35.7. The van der Waals surface area contributed by atoms with Crippen molar-refractivity contribution < 1.29 is 38.8 Å². The highest BCUT2D eigenvalue weighted by Gasteiger charge is 2.58. The third-order valence-electron chi connectivity index (χ3n) is 5.82. The summed E-state index contributed by atoms with van der Waals surface area (Å²) in [5.41, 5.74) is -0.355. The van der Waals surface area contributed by atoms with Gasteiger partial charge in [-0.05, 0) is 17.4 Å². The summed E-state index contributed by atoms with van der Waals surface area (Å²) in [6.07, 6.45) is -1.06. The topological polar surface area (TPSA) is 119 Å². The third kappa shape index (κ3) is 4.39. The van der Waals surface area contributed by atoms with E-state index < -0.39 is 60.1 Å². The van der Waals surface area contributed by atoms with Crippen LogP contribution in [0.4, 0.5) is 0 Å². The number of hydrogen-bond donors (Lipinski definition) is 2. The molecule has 2 N–H and O–H groups in total. The zero-order chi connectivity index (χ0) is 22.8. The van der Waals surface area contributed by atoms with E-state index in [0.29, 0.717) is 5.57 Å². The lowest BCUT2D eigenvalue weighted by Gasteiger charge is -2.48. The Balaban J connectivity index is 2.28. The monoisotopic (exact) mass is 420 g/mol. The molecule has 8 nitrogen and oxygen atoms in total. The maximum Gasteiger partial charge on any atom is 0.336 e. The molecule has 0 spiro atoms. The number of aliphatic hydroxyl groups excluding tert-OH is 2. The quantitative estimate of drug-likeness (QED) is 0.261. The Hall–Kier alpha value is -2.71. The molecule has 164 valence electrons. The molecule has 6 atom stereocenters. The minimum Gasteiger partial charge on any atom is -0.463 e. The molecule has 0 amide bonds. The van der Waals surface area contributed by atoms with Crippen LogP contribution in [-0.2, 0) is 28.6 Å². The summed E-state index contributed by atoms with van der Waals surface area (Å²) in [5.74, 6) is -3.21. The zero-order valence-electron chi connectivity index (χ0n) is 17.3. The van der Waals surface area contributed by atoms with Crippen molar-refractivity contribution >= 4 is 17.9 Å². The third-order valence-corrected chi connectivity index (χ3v) is 5.82. The second-order valence-electron chi connectivity index (χ2n) is 7.92. The van der Waals surface area contributed by atoms with Crippen LogP contribution in [0.2, 0.25) is 0 Å². The summed E-state index contributed by atoms with van der Waals surface area (Å²) >= 11 is 0. The molecule has 2 fully saturated rings.